The molecule has 0 amide bonds. The molecule has 1 aliphatic rings. The van der Waals surface area contributed by atoms with Crippen LogP contribution >= 0.6 is 0 Å². The Morgan fingerprint density at radius 1 is 1.28 bits per heavy atom. The Labute approximate surface area is 101 Å². The van der Waals surface area contributed by atoms with E-state index in [0.717, 1.165) is 25.0 Å². The number of benzene rings is 1. The number of carboxylic acid groups (broad SMARTS) is 1. The van der Waals surface area contributed by atoms with Crippen LogP contribution in [0.25, 0.3) is 0 Å². The predicted octanol–water partition coefficient (Wildman–Crippen LogP) is 2.85. The lowest BCUT2D eigenvalue weighted by Crippen LogP contribution is -2.11. The fraction of sp³-hybridized carbons (Fsp3) is 0.417. The lowest BCUT2D eigenvalue weighted by molar-refractivity contribution is -0.137. The lowest BCUT2D eigenvalue weighted by atomic mass is 9.99. The van der Waals surface area contributed by atoms with Gasteiger partial charge in [0.2, 0.25) is 0 Å². The summed E-state index contributed by atoms with van der Waals surface area (Å²) in [6.45, 7) is 0. The van der Waals surface area contributed by atoms with Crippen molar-refractivity contribution in [3.05, 3.63) is 34.9 Å². The topological polar surface area (TPSA) is 57.5 Å². The molecule has 3 nitrogen and oxygen atoms in total. The Morgan fingerprint density at radius 3 is 2.33 bits per heavy atom. The highest BCUT2D eigenvalue weighted by Gasteiger charge is 2.35. The van der Waals surface area contributed by atoms with Gasteiger partial charge in [-0.3, -0.25) is 0 Å². The summed E-state index contributed by atoms with van der Waals surface area (Å²) in [4.78, 5) is 10.8. The molecule has 0 aliphatic heterocycles. The van der Waals surface area contributed by atoms with E-state index in [4.69, 9.17) is 5.11 Å². The van der Waals surface area contributed by atoms with E-state index >= 15 is 0 Å². The minimum Gasteiger partial charge on any atom is -0.478 e. The second kappa shape index (κ2) is 4.28. The Kier molecular flexibility index (Phi) is 3.06. The molecule has 0 heterocycles. The largest absolute Gasteiger partial charge is 0.478 e. The van der Waals surface area contributed by atoms with Crippen LogP contribution in [0.2, 0.25) is 0 Å². The van der Waals surface area contributed by atoms with Gasteiger partial charge in [-0.2, -0.15) is 13.2 Å². The summed E-state index contributed by atoms with van der Waals surface area (Å²) >= 11 is 0. The number of alkyl halides is 3. The molecule has 1 aromatic carbocycles. The molecule has 0 radical (unpaired) electrons. The van der Waals surface area contributed by atoms with Crippen molar-refractivity contribution in [2.45, 2.75) is 25.1 Å². The van der Waals surface area contributed by atoms with Crippen molar-refractivity contribution in [1.82, 2.24) is 0 Å². The van der Waals surface area contributed by atoms with Crippen molar-refractivity contribution in [2.24, 2.45) is 5.92 Å². The molecule has 1 atom stereocenters. The molecule has 1 aromatic rings. The average molecular weight is 260 g/mol. The molecule has 1 saturated carbocycles. The van der Waals surface area contributed by atoms with Gasteiger partial charge in [0, 0.05) is 0 Å². The quantitative estimate of drug-likeness (QED) is 0.878. The predicted molar refractivity (Wildman–Crippen MR) is 56.1 cm³/mol. The van der Waals surface area contributed by atoms with Crippen molar-refractivity contribution in [3.63, 3.8) is 0 Å². The molecule has 18 heavy (non-hydrogen) atoms. The molecule has 0 aromatic heterocycles. The van der Waals surface area contributed by atoms with Gasteiger partial charge in [-0.15, -0.1) is 0 Å². The number of aliphatic hydroxyl groups is 1. The van der Waals surface area contributed by atoms with E-state index < -0.39 is 29.4 Å². The molecule has 0 spiro atoms. The van der Waals surface area contributed by atoms with Crippen LogP contribution in [-0.4, -0.2) is 16.2 Å². The Bertz CT molecular complexity index is 478. The Balaban J connectivity index is 2.45. The SMILES string of the molecule is O=C(O)c1cc(C(O)C2CC2)cc(C(F)(F)F)c1. The smallest absolute Gasteiger partial charge is 0.416 e. The van der Waals surface area contributed by atoms with E-state index in [1.165, 1.54) is 0 Å². The van der Waals surface area contributed by atoms with E-state index in [1.54, 1.807) is 0 Å². The zero-order valence-electron chi connectivity index (χ0n) is 9.24. The number of aromatic carboxylic acids is 1. The van der Waals surface area contributed by atoms with E-state index in [1.807, 2.05) is 0 Å². The number of halogens is 3. The maximum Gasteiger partial charge on any atom is 0.416 e. The average Bonchev–Trinajstić information content (AvgIpc) is 3.10. The second-order valence-electron chi connectivity index (χ2n) is 4.43. The van der Waals surface area contributed by atoms with Crippen molar-refractivity contribution in [1.29, 1.82) is 0 Å². The van der Waals surface area contributed by atoms with Gasteiger partial charge >= 0.3 is 12.1 Å². The summed E-state index contributed by atoms with van der Waals surface area (Å²) in [5.41, 5.74) is -1.48. The molecule has 1 aliphatic carbocycles. The van der Waals surface area contributed by atoms with Gasteiger partial charge in [0.25, 0.3) is 0 Å². The first-order valence-corrected chi connectivity index (χ1v) is 5.42. The van der Waals surface area contributed by atoms with Gasteiger partial charge in [-0.25, -0.2) is 4.79 Å². The summed E-state index contributed by atoms with van der Waals surface area (Å²) in [7, 11) is 0. The molecule has 1 unspecified atom stereocenters. The van der Waals surface area contributed by atoms with Crippen molar-refractivity contribution in [3.8, 4) is 0 Å². The van der Waals surface area contributed by atoms with Gasteiger partial charge in [0.05, 0.1) is 17.2 Å². The maximum atomic E-state index is 12.6. The van der Waals surface area contributed by atoms with Crippen LogP contribution in [0.3, 0.4) is 0 Å². The number of aliphatic hydroxyl groups excluding tert-OH is 1. The van der Waals surface area contributed by atoms with Crippen molar-refractivity contribution >= 4 is 5.97 Å². The molecule has 1 fully saturated rings. The van der Waals surface area contributed by atoms with E-state index in [2.05, 4.69) is 0 Å². The van der Waals surface area contributed by atoms with Crippen LogP contribution < -0.4 is 0 Å². The number of carbonyl (C=O) groups is 1. The van der Waals surface area contributed by atoms with Crippen LogP contribution in [0.15, 0.2) is 18.2 Å². The van der Waals surface area contributed by atoms with Crippen molar-refractivity contribution in [2.75, 3.05) is 0 Å². The molecule has 0 saturated heterocycles. The highest BCUT2D eigenvalue weighted by Crippen LogP contribution is 2.42. The summed E-state index contributed by atoms with van der Waals surface area (Å²) < 4.78 is 37.9. The van der Waals surface area contributed by atoms with Gasteiger partial charge in [-0.1, -0.05) is 0 Å². The van der Waals surface area contributed by atoms with E-state index in [-0.39, 0.29) is 11.5 Å². The monoisotopic (exact) mass is 260 g/mol. The molecule has 6 heteroatoms. The fourth-order valence-electron chi connectivity index (χ4n) is 1.79. The summed E-state index contributed by atoms with van der Waals surface area (Å²) in [6.07, 6.45) is -4.14. The van der Waals surface area contributed by atoms with E-state index in [9.17, 15) is 23.1 Å². The number of rotatable bonds is 3. The lowest BCUT2D eigenvalue weighted by Gasteiger charge is -2.14. The number of hydrogen-bond donors (Lipinski definition) is 2. The molecule has 0 bridgehead atoms. The molecular weight excluding hydrogens is 249 g/mol. The first-order chi connectivity index (χ1) is 8.29. The normalized spacial score (nSPS) is 17.6. The Morgan fingerprint density at radius 2 is 1.89 bits per heavy atom. The van der Waals surface area contributed by atoms with Crippen molar-refractivity contribution < 1.29 is 28.2 Å². The number of hydrogen-bond acceptors (Lipinski definition) is 2. The third-order valence-corrected chi connectivity index (χ3v) is 2.94. The van der Waals surface area contributed by atoms with Crippen LogP contribution in [0, 0.1) is 5.92 Å². The van der Waals surface area contributed by atoms with E-state index in [0.29, 0.717) is 6.07 Å². The van der Waals surface area contributed by atoms with Gasteiger partial charge in [0.15, 0.2) is 0 Å². The highest BCUT2D eigenvalue weighted by molar-refractivity contribution is 5.88. The summed E-state index contributed by atoms with van der Waals surface area (Å²) in [6, 6.07) is 2.49. The highest BCUT2D eigenvalue weighted by atomic mass is 19.4. The first-order valence-electron chi connectivity index (χ1n) is 5.42. The summed E-state index contributed by atoms with van der Waals surface area (Å²) in [5.74, 6) is -1.50. The van der Waals surface area contributed by atoms with Crippen LogP contribution in [0.4, 0.5) is 13.2 Å². The minimum absolute atomic E-state index is 0.0183. The molecule has 2 rings (SSSR count). The third-order valence-electron chi connectivity index (χ3n) is 2.94. The standard InChI is InChI=1S/C12H11F3O3/c13-12(14,15)9-4-7(10(16)6-1-2-6)3-8(5-9)11(17)18/h3-6,10,16H,1-2H2,(H,17,18). The zero-order valence-corrected chi connectivity index (χ0v) is 9.24. The van der Waals surface area contributed by atoms with Crippen LogP contribution in [0.5, 0.6) is 0 Å². The third kappa shape index (κ3) is 2.64. The van der Waals surface area contributed by atoms with Crippen LogP contribution in [0.1, 0.15) is 40.4 Å². The first kappa shape index (κ1) is 12.9. The summed E-state index contributed by atoms with van der Waals surface area (Å²) in [5, 5.41) is 18.6. The van der Waals surface area contributed by atoms with Gasteiger partial charge < -0.3 is 10.2 Å². The second-order valence-corrected chi connectivity index (χ2v) is 4.43. The molecule has 98 valence electrons. The fourth-order valence-corrected chi connectivity index (χ4v) is 1.79. The molecular formula is C12H11F3O3. The number of carboxylic acids is 1. The Hall–Kier alpha value is -1.56. The zero-order chi connectivity index (χ0) is 13.5. The van der Waals surface area contributed by atoms with Gasteiger partial charge in [-0.05, 0) is 42.5 Å². The molecule has 2 N–H and O–H groups in total. The van der Waals surface area contributed by atoms with Gasteiger partial charge in [0.1, 0.15) is 0 Å². The minimum atomic E-state index is -4.62. The maximum absolute atomic E-state index is 12.6. The van der Waals surface area contributed by atoms with Crippen LogP contribution in [-0.2, 0) is 6.18 Å².